The number of carbonyl (C=O) groups excluding carboxylic acids is 2. The quantitative estimate of drug-likeness (QED) is 0.337. The number of esters is 1. The Kier molecular flexibility index (Phi) is 8.74. The molecule has 2 aliphatic heterocycles. The molecule has 0 spiro atoms. The number of aromatic amines is 1. The summed E-state index contributed by atoms with van der Waals surface area (Å²) in [7, 11) is -4.06. The van der Waals surface area contributed by atoms with Gasteiger partial charge in [0.15, 0.2) is 0 Å². The highest BCUT2D eigenvalue weighted by atomic mass is 35.5. The van der Waals surface area contributed by atoms with Crippen LogP contribution in [0.15, 0.2) is 34.0 Å². The zero-order valence-corrected chi connectivity index (χ0v) is 22.3. The van der Waals surface area contributed by atoms with E-state index >= 15 is 0 Å². The maximum Gasteiger partial charge on any atom is 0.530 e. The van der Waals surface area contributed by atoms with Crippen LogP contribution in [0.2, 0.25) is 5.02 Å². The number of H-pyrrole nitrogens is 1. The third-order valence-corrected chi connectivity index (χ3v) is 7.42. The Morgan fingerprint density at radius 2 is 2.08 bits per heavy atom. The van der Waals surface area contributed by atoms with Crippen LogP contribution in [0.25, 0.3) is 0 Å². The third-order valence-electron chi connectivity index (χ3n) is 5.86. The fourth-order valence-corrected chi connectivity index (χ4v) is 5.37. The SMILES string of the molecule is CCNC(=O)CCC(=O)O[C@@H]1C[C@H](n2cc(C)c(=O)[nH]c2=O)O[C@@H]1COP1(=O)OCc2cc(Cl)ccc2O1. The summed E-state index contributed by atoms with van der Waals surface area (Å²) in [6.45, 7) is 3.28. The maximum atomic E-state index is 13.1. The van der Waals surface area contributed by atoms with Crippen LogP contribution in [0.1, 0.15) is 43.5 Å². The van der Waals surface area contributed by atoms with Crippen molar-refractivity contribution in [1.82, 2.24) is 14.9 Å². The number of phosphoric ester groups is 1. The second kappa shape index (κ2) is 11.8. The van der Waals surface area contributed by atoms with E-state index in [1.807, 2.05) is 0 Å². The number of fused-ring (bicyclic) bond motifs is 1. The fraction of sp³-hybridized carbons (Fsp3) is 0.478. The molecule has 1 saturated heterocycles. The Morgan fingerprint density at radius 3 is 2.84 bits per heavy atom. The van der Waals surface area contributed by atoms with Gasteiger partial charge in [0, 0.05) is 41.7 Å². The lowest BCUT2D eigenvalue weighted by Gasteiger charge is -2.26. The van der Waals surface area contributed by atoms with Gasteiger partial charge in [-0.1, -0.05) is 11.6 Å². The summed E-state index contributed by atoms with van der Waals surface area (Å²) in [5, 5.41) is 3.06. The molecule has 0 bridgehead atoms. The molecular formula is C23H27ClN3O10P. The smallest absolute Gasteiger partial charge is 0.459 e. The zero-order chi connectivity index (χ0) is 27.4. The van der Waals surface area contributed by atoms with E-state index in [1.165, 1.54) is 17.7 Å². The summed E-state index contributed by atoms with van der Waals surface area (Å²) in [6.07, 6.45) is -1.71. The zero-order valence-electron chi connectivity index (χ0n) is 20.6. The molecule has 2 N–H and O–H groups in total. The van der Waals surface area contributed by atoms with Gasteiger partial charge in [-0.05, 0) is 32.0 Å². The van der Waals surface area contributed by atoms with E-state index in [2.05, 4.69) is 10.3 Å². The van der Waals surface area contributed by atoms with E-state index in [0.29, 0.717) is 17.1 Å². The number of aromatic nitrogens is 2. The number of hydrogen-bond acceptors (Lipinski definition) is 10. The number of benzene rings is 1. The van der Waals surface area contributed by atoms with Gasteiger partial charge in [-0.25, -0.2) is 9.36 Å². The number of ether oxygens (including phenoxy) is 2. The van der Waals surface area contributed by atoms with E-state index in [0.717, 1.165) is 0 Å². The summed E-state index contributed by atoms with van der Waals surface area (Å²) in [6, 6.07) is 4.73. The van der Waals surface area contributed by atoms with Crippen LogP contribution in [0.4, 0.5) is 0 Å². The number of amides is 1. The first-order chi connectivity index (χ1) is 18.1. The summed E-state index contributed by atoms with van der Waals surface area (Å²) in [4.78, 5) is 50.5. The molecule has 3 heterocycles. The second-order valence-corrected chi connectivity index (χ2v) is 10.7. The summed E-state index contributed by atoms with van der Waals surface area (Å²) >= 11 is 5.97. The Hall–Kier alpha value is -2.96. The molecule has 15 heteroatoms. The molecule has 4 rings (SSSR count). The maximum absolute atomic E-state index is 13.1. The minimum absolute atomic E-state index is 0.0274. The first-order valence-corrected chi connectivity index (χ1v) is 13.7. The molecule has 1 fully saturated rings. The summed E-state index contributed by atoms with van der Waals surface area (Å²) < 4.78 is 42.0. The van der Waals surface area contributed by atoms with Gasteiger partial charge in [0.1, 0.15) is 24.2 Å². The molecule has 13 nitrogen and oxygen atoms in total. The normalized spacial score (nSPS) is 24.3. The largest absolute Gasteiger partial charge is 0.530 e. The predicted molar refractivity (Wildman–Crippen MR) is 133 cm³/mol. The van der Waals surface area contributed by atoms with E-state index < -0.39 is 43.5 Å². The van der Waals surface area contributed by atoms with Gasteiger partial charge in [0.2, 0.25) is 5.91 Å². The number of nitrogens with zero attached hydrogens (tertiary/aromatic N) is 1. The standard InChI is InChI=1S/C23H27ClN3O10P/c1-3-25-19(28)6-7-21(29)36-17-9-20(27-10-13(2)22(30)26-23(27)31)35-18(17)12-34-38(32)33-11-14-8-15(24)4-5-16(14)37-38/h4-5,8,10,17-18,20H,3,6-7,9,11-12H2,1-2H3,(H,25,28)(H,26,30,31)/t17-,18-,20-,38?/m1/s1. The van der Waals surface area contributed by atoms with Crippen molar-refractivity contribution in [3.8, 4) is 5.75 Å². The van der Waals surface area contributed by atoms with Gasteiger partial charge in [-0.15, -0.1) is 0 Å². The van der Waals surface area contributed by atoms with Crippen molar-refractivity contribution in [2.75, 3.05) is 13.2 Å². The van der Waals surface area contributed by atoms with Gasteiger partial charge in [0.05, 0.1) is 19.6 Å². The van der Waals surface area contributed by atoms with Gasteiger partial charge in [-0.2, -0.15) is 0 Å². The summed E-state index contributed by atoms with van der Waals surface area (Å²) in [5.74, 6) is -0.674. The minimum Gasteiger partial charge on any atom is -0.459 e. The van der Waals surface area contributed by atoms with Crippen LogP contribution >= 0.6 is 19.4 Å². The van der Waals surface area contributed by atoms with Crippen LogP contribution in [0.3, 0.4) is 0 Å². The third kappa shape index (κ3) is 6.72. The lowest BCUT2D eigenvalue weighted by Crippen LogP contribution is -2.33. The van der Waals surface area contributed by atoms with Crippen molar-refractivity contribution in [1.29, 1.82) is 0 Å². The number of hydrogen-bond donors (Lipinski definition) is 2. The molecule has 0 saturated carbocycles. The first kappa shape index (κ1) is 28.1. The van der Waals surface area contributed by atoms with Crippen molar-refractivity contribution >= 4 is 31.3 Å². The van der Waals surface area contributed by atoms with Crippen LogP contribution in [-0.2, 0) is 39.3 Å². The van der Waals surface area contributed by atoms with Crippen LogP contribution in [0, 0.1) is 6.92 Å². The van der Waals surface area contributed by atoms with E-state index in [1.54, 1.807) is 25.1 Å². The molecule has 1 unspecified atom stereocenters. The second-order valence-electron chi connectivity index (χ2n) is 8.69. The highest BCUT2D eigenvalue weighted by Crippen LogP contribution is 2.55. The molecule has 1 aromatic heterocycles. The lowest BCUT2D eigenvalue weighted by molar-refractivity contribution is -0.153. The van der Waals surface area contributed by atoms with Crippen molar-refractivity contribution in [2.24, 2.45) is 0 Å². The Balaban J connectivity index is 1.47. The highest BCUT2D eigenvalue weighted by molar-refractivity contribution is 7.49. The topological polar surface area (TPSA) is 164 Å². The van der Waals surface area contributed by atoms with Crippen LogP contribution in [0.5, 0.6) is 5.75 Å². The van der Waals surface area contributed by atoms with Gasteiger partial charge >= 0.3 is 19.5 Å². The predicted octanol–water partition coefficient (Wildman–Crippen LogP) is 2.35. The number of halogens is 1. The molecule has 4 atom stereocenters. The van der Waals surface area contributed by atoms with E-state index in [-0.39, 0.29) is 49.7 Å². The number of rotatable bonds is 9. The molecule has 0 aliphatic carbocycles. The molecule has 2 aromatic rings. The van der Waals surface area contributed by atoms with Gasteiger partial charge < -0.3 is 19.3 Å². The molecule has 2 aliphatic rings. The molecular weight excluding hydrogens is 545 g/mol. The number of nitrogens with one attached hydrogen (secondary N) is 2. The summed E-state index contributed by atoms with van der Waals surface area (Å²) in [5.41, 5.74) is -0.383. The Morgan fingerprint density at radius 1 is 1.29 bits per heavy atom. The lowest BCUT2D eigenvalue weighted by atomic mass is 10.2. The van der Waals surface area contributed by atoms with Crippen molar-refractivity contribution in [3.05, 3.63) is 61.4 Å². The van der Waals surface area contributed by atoms with Crippen molar-refractivity contribution in [3.63, 3.8) is 0 Å². The molecule has 1 aromatic carbocycles. The Labute approximate surface area is 221 Å². The number of aryl methyl sites for hydroxylation is 1. The highest BCUT2D eigenvalue weighted by Gasteiger charge is 2.43. The van der Waals surface area contributed by atoms with Gasteiger partial charge in [-0.3, -0.25) is 33.0 Å². The first-order valence-electron chi connectivity index (χ1n) is 11.9. The van der Waals surface area contributed by atoms with Crippen molar-refractivity contribution in [2.45, 2.75) is 58.2 Å². The van der Waals surface area contributed by atoms with Gasteiger partial charge in [0.25, 0.3) is 5.56 Å². The average Bonchev–Trinajstić information content (AvgIpc) is 3.26. The van der Waals surface area contributed by atoms with E-state index in [9.17, 15) is 23.7 Å². The number of phosphoric acid groups is 1. The molecule has 0 radical (unpaired) electrons. The average molecular weight is 572 g/mol. The van der Waals surface area contributed by atoms with Crippen LogP contribution < -0.4 is 21.1 Å². The van der Waals surface area contributed by atoms with E-state index in [4.69, 9.17) is 34.6 Å². The fourth-order valence-electron chi connectivity index (χ4n) is 3.95. The monoisotopic (exact) mass is 571 g/mol. The molecule has 206 valence electrons. The Bertz CT molecular complexity index is 1380. The molecule has 1 amide bonds. The van der Waals surface area contributed by atoms with Crippen LogP contribution in [-0.4, -0.2) is 46.8 Å². The number of carbonyl (C=O) groups is 2. The van der Waals surface area contributed by atoms with Crippen molar-refractivity contribution < 1.29 is 37.2 Å². The molecule has 38 heavy (non-hydrogen) atoms. The minimum atomic E-state index is -4.06.